The van der Waals surface area contributed by atoms with Gasteiger partial charge in [0.15, 0.2) is 0 Å². The van der Waals surface area contributed by atoms with Crippen LogP contribution in [0.3, 0.4) is 0 Å². The Bertz CT molecular complexity index is 738. The fourth-order valence-electron chi connectivity index (χ4n) is 2.07. The molecule has 0 saturated heterocycles. The number of hydrogen-bond donors (Lipinski definition) is 0. The average Bonchev–Trinajstić information content (AvgIpc) is 2.49. The van der Waals surface area contributed by atoms with E-state index in [0.29, 0.717) is 6.61 Å². The summed E-state index contributed by atoms with van der Waals surface area (Å²) < 4.78 is 8.17. The molecule has 0 unspecified atom stereocenters. The normalized spacial score (nSPS) is 10.7. The predicted octanol–water partition coefficient (Wildman–Crippen LogP) is 5.79. The Hall–Kier alpha value is -1.07. The largest absolute Gasteiger partial charge is 0.488 e. The van der Waals surface area contributed by atoms with Gasteiger partial charge < -0.3 is 4.74 Å². The Morgan fingerprint density at radius 1 is 0.900 bits per heavy atom. The second kappa shape index (κ2) is 6.14. The molecule has 0 radical (unpaired) electrons. The molecule has 0 aromatic heterocycles. The highest BCUT2D eigenvalue weighted by molar-refractivity contribution is 14.1. The first-order chi connectivity index (χ1) is 9.74. The quantitative estimate of drug-likeness (QED) is 0.470. The molecule has 3 aromatic rings. The van der Waals surface area contributed by atoms with E-state index < -0.39 is 0 Å². The number of ether oxygens (including phenoxy) is 1. The van der Waals surface area contributed by atoms with Crippen LogP contribution in [0.4, 0.5) is 0 Å². The van der Waals surface area contributed by atoms with Crippen molar-refractivity contribution in [2.75, 3.05) is 0 Å². The standard InChI is InChI=1S/C17H12BrIO/c18-17-15-4-2-1-3-13(15)7-10-16(17)20-11-12-5-8-14(19)9-6-12/h1-10H,11H2. The maximum atomic E-state index is 5.92. The van der Waals surface area contributed by atoms with Crippen molar-refractivity contribution in [2.45, 2.75) is 6.61 Å². The van der Waals surface area contributed by atoms with Crippen molar-refractivity contribution in [3.8, 4) is 5.75 Å². The van der Waals surface area contributed by atoms with E-state index in [1.165, 1.54) is 19.9 Å². The van der Waals surface area contributed by atoms with E-state index in [-0.39, 0.29) is 0 Å². The highest BCUT2D eigenvalue weighted by Crippen LogP contribution is 2.33. The summed E-state index contributed by atoms with van der Waals surface area (Å²) in [6, 6.07) is 20.7. The molecule has 0 fully saturated rings. The van der Waals surface area contributed by atoms with Gasteiger partial charge in [0.1, 0.15) is 12.4 Å². The molecule has 0 saturated carbocycles. The van der Waals surface area contributed by atoms with Gasteiger partial charge in [0.25, 0.3) is 0 Å². The van der Waals surface area contributed by atoms with E-state index in [1.54, 1.807) is 0 Å². The van der Waals surface area contributed by atoms with Gasteiger partial charge in [0, 0.05) is 3.57 Å². The molecule has 3 rings (SSSR count). The number of hydrogen-bond acceptors (Lipinski definition) is 1. The lowest BCUT2D eigenvalue weighted by molar-refractivity contribution is 0.305. The minimum Gasteiger partial charge on any atom is -0.488 e. The van der Waals surface area contributed by atoms with Crippen LogP contribution in [0.25, 0.3) is 10.8 Å². The Morgan fingerprint density at radius 2 is 1.65 bits per heavy atom. The maximum Gasteiger partial charge on any atom is 0.134 e. The van der Waals surface area contributed by atoms with Crippen LogP contribution in [-0.4, -0.2) is 0 Å². The van der Waals surface area contributed by atoms with E-state index in [1.807, 2.05) is 18.2 Å². The molecular formula is C17H12BrIO. The summed E-state index contributed by atoms with van der Waals surface area (Å²) in [6.07, 6.45) is 0. The third-order valence-electron chi connectivity index (χ3n) is 3.14. The van der Waals surface area contributed by atoms with Crippen molar-refractivity contribution in [2.24, 2.45) is 0 Å². The number of halogens is 2. The molecule has 3 aromatic carbocycles. The van der Waals surface area contributed by atoms with Crippen LogP contribution >= 0.6 is 38.5 Å². The Morgan fingerprint density at radius 3 is 2.45 bits per heavy atom. The minimum atomic E-state index is 0.577. The van der Waals surface area contributed by atoms with Gasteiger partial charge in [-0.05, 0) is 73.1 Å². The van der Waals surface area contributed by atoms with Crippen molar-refractivity contribution < 1.29 is 4.74 Å². The number of rotatable bonds is 3. The molecule has 0 N–H and O–H groups in total. The molecule has 0 aliphatic heterocycles. The van der Waals surface area contributed by atoms with E-state index in [2.05, 4.69) is 81.0 Å². The molecular weight excluding hydrogens is 427 g/mol. The van der Waals surface area contributed by atoms with E-state index >= 15 is 0 Å². The molecule has 1 nitrogen and oxygen atoms in total. The maximum absolute atomic E-state index is 5.92. The molecule has 0 aliphatic rings. The van der Waals surface area contributed by atoms with Gasteiger partial charge in [-0.3, -0.25) is 0 Å². The Kier molecular flexibility index (Phi) is 4.27. The van der Waals surface area contributed by atoms with Crippen LogP contribution in [0.2, 0.25) is 0 Å². The molecule has 0 atom stereocenters. The second-order valence-electron chi connectivity index (χ2n) is 4.51. The van der Waals surface area contributed by atoms with Gasteiger partial charge in [-0.2, -0.15) is 0 Å². The summed E-state index contributed by atoms with van der Waals surface area (Å²) in [4.78, 5) is 0. The molecule has 0 heterocycles. The van der Waals surface area contributed by atoms with Crippen LogP contribution < -0.4 is 4.74 Å². The molecule has 3 heteroatoms. The number of fused-ring (bicyclic) bond motifs is 1. The van der Waals surface area contributed by atoms with Gasteiger partial charge in [-0.1, -0.05) is 42.5 Å². The first-order valence-electron chi connectivity index (χ1n) is 6.28. The zero-order valence-corrected chi connectivity index (χ0v) is 14.4. The first-order valence-corrected chi connectivity index (χ1v) is 8.16. The zero-order valence-electron chi connectivity index (χ0n) is 10.6. The fraction of sp³-hybridized carbons (Fsp3) is 0.0588. The third kappa shape index (κ3) is 2.99. The van der Waals surface area contributed by atoms with E-state index in [0.717, 1.165) is 10.2 Å². The summed E-state index contributed by atoms with van der Waals surface area (Å²) in [5.41, 5.74) is 1.17. The minimum absolute atomic E-state index is 0.577. The van der Waals surface area contributed by atoms with Crippen LogP contribution in [0.5, 0.6) is 5.75 Å². The molecule has 0 aliphatic carbocycles. The first kappa shape index (κ1) is 13.9. The summed E-state index contributed by atoms with van der Waals surface area (Å²) in [7, 11) is 0. The van der Waals surface area contributed by atoms with Crippen LogP contribution in [-0.2, 0) is 6.61 Å². The molecule has 0 spiro atoms. The average molecular weight is 439 g/mol. The van der Waals surface area contributed by atoms with Gasteiger partial charge in [-0.15, -0.1) is 0 Å². The fourth-order valence-corrected chi connectivity index (χ4v) is 3.03. The van der Waals surface area contributed by atoms with Crippen LogP contribution in [0.1, 0.15) is 5.56 Å². The van der Waals surface area contributed by atoms with E-state index in [9.17, 15) is 0 Å². The molecule has 20 heavy (non-hydrogen) atoms. The summed E-state index contributed by atoms with van der Waals surface area (Å²) >= 11 is 5.94. The summed E-state index contributed by atoms with van der Waals surface area (Å²) in [5, 5.41) is 2.38. The smallest absolute Gasteiger partial charge is 0.134 e. The monoisotopic (exact) mass is 438 g/mol. The Labute approximate surface area is 140 Å². The number of benzene rings is 3. The Balaban J connectivity index is 1.84. The molecule has 0 bridgehead atoms. The van der Waals surface area contributed by atoms with Crippen molar-refractivity contribution >= 4 is 49.3 Å². The van der Waals surface area contributed by atoms with Gasteiger partial charge in [0.05, 0.1) is 4.47 Å². The van der Waals surface area contributed by atoms with Crippen molar-refractivity contribution in [1.29, 1.82) is 0 Å². The van der Waals surface area contributed by atoms with E-state index in [4.69, 9.17) is 4.74 Å². The van der Waals surface area contributed by atoms with Gasteiger partial charge in [0.2, 0.25) is 0 Å². The van der Waals surface area contributed by atoms with Crippen molar-refractivity contribution in [3.63, 3.8) is 0 Å². The SMILES string of the molecule is Brc1c(OCc2ccc(I)cc2)ccc2ccccc12. The van der Waals surface area contributed by atoms with Crippen molar-refractivity contribution in [3.05, 3.63) is 74.3 Å². The lowest BCUT2D eigenvalue weighted by Gasteiger charge is -2.10. The zero-order chi connectivity index (χ0) is 13.9. The van der Waals surface area contributed by atoms with Gasteiger partial charge in [-0.25, -0.2) is 0 Å². The van der Waals surface area contributed by atoms with Gasteiger partial charge >= 0.3 is 0 Å². The van der Waals surface area contributed by atoms with Crippen molar-refractivity contribution in [1.82, 2.24) is 0 Å². The van der Waals surface area contributed by atoms with Crippen LogP contribution in [0.15, 0.2) is 65.1 Å². The topological polar surface area (TPSA) is 9.23 Å². The molecule has 0 amide bonds. The summed E-state index contributed by atoms with van der Waals surface area (Å²) in [5.74, 6) is 0.877. The highest BCUT2D eigenvalue weighted by atomic mass is 127. The third-order valence-corrected chi connectivity index (χ3v) is 4.67. The highest BCUT2D eigenvalue weighted by Gasteiger charge is 2.06. The summed E-state index contributed by atoms with van der Waals surface area (Å²) in [6.45, 7) is 0.577. The van der Waals surface area contributed by atoms with Crippen LogP contribution in [0, 0.1) is 3.57 Å². The predicted molar refractivity (Wildman–Crippen MR) is 95.1 cm³/mol. The molecule has 100 valence electrons. The second-order valence-corrected chi connectivity index (χ2v) is 6.55. The lowest BCUT2D eigenvalue weighted by Crippen LogP contribution is -1.96. The lowest BCUT2D eigenvalue weighted by atomic mass is 10.1.